The van der Waals surface area contributed by atoms with Crippen molar-refractivity contribution in [3.05, 3.63) is 12.7 Å². The molecule has 2 aliphatic rings. The Balaban J connectivity index is 1.57. The molecule has 2 aromatic heterocycles. The Hall–Kier alpha value is -2.83. The first-order valence-electron chi connectivity index (χ1n) is 11.0. The second-order valence-electron chi connectivity index (χ2n) is 9.10. The molecule has 0 saturated carbocycles. The number of aromatic nitrogens is 4. The van der Waals surface area contributed by atoms with Gasteiger partial charge in [-0.05, 0) is 34.1 Å². The molecule has 2 aliphatic heterocycles. The Morgan fingerprint density at radius 3 is 2.64 bits per heavy atom. The van der Waals surface area contributed by atoms with Crippen molar-refractivity contribution in [2.24, 2.45) is 0 Å². The average Bonchev–Trinajstić information content (AvgIpc) is 3.37. The molecule has 0 unspecified atom stereocenters. The molecule has 4 heterocycles. The van der Waals surface area contributed by atoms with Crippen molar-refractivity contribution in [3.8, 4) is 0 Å². The van der Waals surface area contributed by atoms with E-state index in [1.807, 2.05) is 27.7 Å². The topological polar surface area (TPSA) is 155 Å². The van der Waals surface area contributed by atoms with E-state index in [1.165, 1.54) is 6.33 Å². The van der Waals surface area contributed by atoms with E-state index >= 15 is 0 Å². The zero-order chi connectivity index (χ0) is 23.9. The van der Waals surface area contributed by atoms with E-state index in [1.54, 1.807) is 15.8 Å². The lowest BCUT2D eigenvalue weighted by molar-refractivity contribution is -0.198. The number of carbonyl (C=O) groups excluding carboxylic acids is 1. The Kier molecular flexibility index (Phi) is 6.25. The summed E-state index contributed by atoms with van der Waals surface area (Å²) >= 11 is 0. The summed E-state index contributed by atoms with van der Waals surface area (Å²) < 4.78 is 20.5. The number of anilines is 1. The number of nitrogens with zero attached hydrogens (tertiary/aromatic N) is 5. The van der Waals surface area contributed by atoms with E-state index < -0.39 is 36.3 Å². The van der Waals surface area contributed by atoms with Crippen LogP contribution < -0.4 is 5.73 Å². The molecule has 2 aromatic rings. The van der Waals surface area contributed by atoms with Crippen LogP contribution in [0.25, 0.3) is 11.2 Å². The van der Waals surface area contributed by atoms with Crippen molar-refractivity contribution in [2.45, 2.75) is 83.3 Å². The number of hydrogen-bond donors (Lipinski definition) is 2. The van der Waals surface area contributed by atoms with Crippen molar-refractivity contribution in [3.63, 3.8) is 0 Å². The van der Waals surface area contributed by atoms with Crippen molar-refractivity contribution in [2.75, 3.05) is 12.3 Å². The lowest BCUT2D eigenvalue weighted by atomic mass is 10.1. The Morgan fingerprint density at radius 2 is 1.94 bits per heavy atom. The highest BCUT2D eigenvalue weighted by Gasteiger charge is 2.56. The first kappa shape index (κ1) is 23.3. The van der Waals surface area contributed by atoms with E-state index in [-0.39, 0.29) is 43.6 Å². The van der Waals surface area contributed by atoms with Gasteiger partial charge in [-0.25, -0.2) is 15.0 Å². The number of nitrogen functional groups attached to an aromatic ring is 1. The third-order valence-electron chi connectivity index (χ3n) is 5.89. The van der Waals surface area contributed by atoms with E-state index in [4.69, 9.17) is 25.1 Å². The number of hydrogen-bond acceptors (Lipinski definition) is 9. The summed E-state index contributed by atoms with van der Waals surface area (Å²) in [6.07, 6.45) is 1.42. The van der Waals surface area contributed by atoms with Crippen LogP contribution in [0.3, 0.4) is 0 Å². The predicted octanol–water partition coefficient (Wildman–Crippen LogP) is 1.32. The summed E-state index contributed by atoms with van der Waals surface area (Å²) in [6.45, 7) is 7.78. The van der Waals surface area contributed by atoms with Crippen LogP contribution in [0.2, 0.25) is 0 Å². The quantitative estimate of drug-likeness (QED) is 0.586. The first-order chi connectivity index (χ1) is 15.6. The van der Waals surface area contributed by atoms with Crippen molar-refractivity contribution in [1.82, 2.24) is 24.4 Å². The number of ether oxygens (including phenoxy) is 3. The number of fused-ring (bicyclic) bond motifs is 2. The lowest BCUT2D eigenvalue weighted by Crippen LogP contribution is -2.45. The summed E-state index contributed by atoms with van der Waals surface area (Å²) in [6, 6.07) is -0.0969. The summed E-state index contributed by atoms with van der Waals surface area (Å²) in [5.41, 5.74) is 6.92. The highest BCUT2D eigenvalue weighted by atomic mass is 16.8. The highest BCUT2D eigenvalue weighted by Crippen LogP contribution is 2.44. The number of imidazole rings is 1. The summed E-state index contributed by atoms with van der Waals surface area (Å²) in [4.78, 5) is 38.0. The number of carboxylic acid groups (broad SMARTS) is 1. The van der Waals surface area contributed by atoms with Gasteiger partial charge in [-0.2, -0.15) is 0 Å². The van der Waals surface area contributed by atoms with Crippen LogP contribution in [0.1, 0.15) is 53.2 Å². The van der Waals surface area contributed by atoms with Crippen molar-refractivity contribution < 1.29 is 28.9 Å². The molecule has 12 heteroatoms. The van der Waals surface area contributed by atoms with E-state index in [2.05, 4.69) is 15.0 Å². The van der Waals surface area contributed by atoms with Gasteiger partial charge in [0.05, 0.1) is 6.33 Å². The van der Waals surface area contributed by atoms with Gasteiger partial charge in [-0.15, -0.1) is 0 Å². The Morgan fingerprint density at radius 1 is 1.21 bits per heavy atom. The summed E-state index contributed by atoms with van der Waals surface area (Å²) in [5.74, 6) is -1.60. The SMILES string of the molecule is CC(C)N(C[C@H]1O[C@@H](n2cnc3c(N)ncnc32)[C@@H]2OC(C)(C)O[C@@H]21)C(=O)CCCC(=O)O. The largest absolute Gasteiger partial charge is 0.481 e. The second kappa shape index (κ2) is 8.84. The third-order valence-corrected chi connectivity index (χ3v) is 5.89. The standard InChI is InChI=1S/C21H30N6O6/c1-11(2)26(13(28)6-5-7-14(29)30)8-12-16-17(33-21(3,4)32-16)20(31-12)27-10-25-15-18(22)23-9-24-19(15)27/h9-12,16-17,20H,5-8H2,1-4H3,(H,29,30)(H2,22,23,24)/t12-,16-,17-,20-/m1/s1. The maximum Gasteiger partial charge on any atom is 0.303 e. The van der Waals surface area contributed by atoms with Gasteiger partial charge in [0.1, 0.15) is 30.2 Å². The second-order valence-corrected chi connectivity index (χ2v) is 9.10. The van der Waals surface area contributed by atoms with Crippen molar-refractivity contribution in [1.29, 1.82) is 0 Å². The van der Waals surface area contributed by atoms with Crippen LogP contribution in [0.5, 0.6) is 0 Å². The fourth-order valence-corrected chi connectivity index (χ4v) is 4.42. The number of nitrogens with two attached hydrogens (primary N) is 1. The zero-order valence-electron chi connectivity index (χ0n) is 19.2. The molecule has 0 spiro atoms. The fourth-order valence-electron chi connectivity index (χ4n) is 4.42. The Bertz CT molecular complexity index is 1040. The number of carboxylic acids is 1. The van der Waals surface area contributed by atoms with Gasteiger partial charge in [-0.1, -0.05) is 0 Å². The molecular weight excluding hydrogens is 432 g/mol. The Labute approximate surface area is 191 Å². The highest BCUT2D eigenvalue weighted by molar-refractivity contribution is 5.81. The minimum Gasteiger partial charge on any atom is -0.481 e. The summed E-state index contributed by atoms with van der Waals surface area (Å²) in [7, 11) is 0. The molecule has 180 valence electrons. The van der Waals surface area contributed by atoms with Crippen LogP contribution in [-0.4, -0.2) is 78.1 Å². The van der Waals surface area contributed by atoms with Gasteiger partial charge in [0, 0.05) is 25.4 Å². The van der Waals surface area contributed by atoms with E-state index in [0.717, 1.165) is 0 Å². The first-order valence-corrected chi connectivity index (χ1v) is 11.0. The fraction of sp³-hybridized carbons (Fsp3) is 0.667. The van der Waals surface area contributed by atoms with Gasteiger partial charge in [0.25, 0.3) is 0 Å². The minimum absolute atomic E-state index is 0.0474. The van der Waals surface area contributed by atoms with Gasteiger partial charge in [0.15, 0.2) is 23.5 Å². The van der Waals surface area contributed by atoms with Crippen LogP contribution in [-0.2, 0) is 23.8 Å². The molecule has 0 radical (unpaired) electrons. The predicted molar refractivity (Wildman–Crippen MR) is 116 cm³/mol. The van der Waals surface area contributed by atoms with Crippen molar-refractivity contribution >= 4 is 28.9 Å². The molecule has 1 amide bonds. The number of rotatable bonds is 8. The molecule has 3 N–H and O–H groups in total. The van der Waals surface area contributed by atoms with Crippen LogP contribution in [0.4, 0.5) is 5.82 Å². The molecule has 0 aliphatic carbocycles. The maximum absolute atomic E-state index is 12.9. The van der Waals surface area contributed by atoms with Crippen LogP contribution >= 0.6 is 0 Å². The van der Waals surface area contributed by atoms with Crippen LogP contribution in [0, 0.1) is 0 Å². The molecular formula is C21H30N6O6. The van der Waals surface area contributed by atoms with E-state index in [9.17, 15) is 9.59 Å². The summed E-state index contributed by atoms with van der Waals surface area (Å²) in [5, 5.41) is 8.87. The molecule has 2 saturated heterocycles. The van der Waals surface area contributed by atoms with Crippen LogP contribution in [0.15, 0.2) is 12.7 Å². The smallest absolute Gasteiger partial charge is 0.303 e. The molecule has 0 aromatic carbocycles. The number of aliphatic carboxylic acids is 1. The maximum atomic E-state index is 12.9. The average molecular weight is 463 g/mol. The van der Waals surface area contributed by atoms with E-state index in [0.29, 0.717) is 11.2 Å². The molecule has 0 bridgehead atoms. The minimum atomic E-state index is -0.917. The van der Waals surface area contributed by atoms with Gasteiger partial charge in [-0.3, -0.25) is 14.2 Å². The number of amides is 1. The van der Waals surface area contributed by atoms with Gasteiger partial charge >= 0.3 is 5.97 Å². The third kappa shape index (κ3) is 4.63. The molecule has 2 fully saturated rings. The van der Waals surface area contributed by atoms with Gasteiger partial charge in [0.2, 0.25) is 5.91 Å². The zero-order valence-corrected chi connectivity index (χ0v) is 19.2. The van der Waals surface area contributed by atoms with Gasteiger partial charge < -0.3 is 30.0 Å². The number of carbonyl (C=O) groups is 2. The monoisotopic (exact) mass is 462 g/mol. The molecule has 4 atom stereocenters. The molecule has 12 nitrogen and oxygen atoms in total. The molecule has 33 heavy (non-hydrogen) atoms. The molecule has 4 rings (SSSR count). The lowest BCUT2D eigenvalue weighted by Gasteiger charge is -2.31. The normalized spacial score (nSPS) is 26.1.